The van der Waals surface area contributed by atoms with Gasteiger partial charge in [0, 0.05) is 5.92 Å². The Morgan fingerprint density at radius 1 is 0.902 bits per heavy atom. The van der Waals surface area contributed by atoms with Gasteiger partial charge < -0.3 is 24.6 Å². The van der Waals surface area contributed by atoms with E-state index in [0.29, 0.717) is 5.56 Å². The van der Waals surface area contributed by atoms with Crippen molar-refractivity contribution in [1.29, 1.82) is 0 Å². The van der Waals surface area contributed by atoms with Gasteiger partial charge in [-0.25, -0.2) is 19.2 Å². The van der Waals surface area contributed by atoms with Crippen LogP contribution in [-0.4, -0.2) is 66.0 Å². The number of carboxylic acid groups (broad SMARTS) is 1. The van der Waals surface area contributed by atoms with Gasteiger partial charge >= 0.3 is 24.1 Å². The quantitative estimate of drug-likeness (QED) is 0.324. The van der Waals surface area contributed by atoms with Crippen molar-refractivity contribution in [3.05, 3.63) is 95.6 Å². The number of carbonyl (C=O) groups excluding carboxylic acids is 3. The third kappa shape index (κ3) is 5.58. The fourth-order valence-electron chi connectivity index (χ4n) is 5.61. The van der Waals surface area contributed by atoms with E-state index in [-0.39, 0.29) is 32.0 Å². The molecule has 1 saturated heterocycles. The largest absolute Gasteiger partial charge is 0.480 e. The Kier molecular flexibility index (Phi) is 7.91. The molecule has 2 N–H and O–H groups in total. The predicted octanol–water partition coefficient (Wildman–Crippen LogP) is 4.32. The molecule has 0 aromatic heterocycles. The zero-order valence-electron chi connectivity index (χ0n) is 22.4. The summed E-state index contributed by atoms with van der Waals surface area (Å²) < 4.78 is 16.0. The molecule has 2 amide bonds. The van der Waals surface area contributed by atoms with E-state index in [1.165, 1.54) is 0 Å². The molecule has 5 rings (SSSR count). The summed E-state index contributed by atoms with van der Waals surface area (Å²) in [6.45, 7) is -0.542. The number of methoxy groups -OCH3 is 1. The Balaban J connectivity index is 1.31. The number of amides is 2. The highest BCUT2D eigenvalue weighted by atomic mass is 16.6. The molecule has 10 heteroatoms. The average Bonchev–Trinajstić information content (AvgIpc) is 3.32. The van der Waals surface area contributed by atoms with Gasteiger partial charge in [-0.1, -0.05) is 78.9 Å². The number of nitrogens with one attached hydrogen (secondary N) is 1. The molecule has 3 aromatic carbocycles. The Labute approximate surface area is 236 Å². The number of benzene rings is 3. The molecular weight excluding hydrogens is 528 g/mol. The van der Waals surface area contributed by atoms with Gasteiger partial charge in [0.2, 0.25) is 0 Å². The highest BCUT2D eigenvalue weighted by molar-refractivity contribution is 5.89. The standard InChI is InChI=1S/C31H30N2O8/c1-39-28(36)31(16-15-26(27(34)35)33(19-31)30(38)41-17-20-9-3-2-4-10-20)32-29(37)40-18-25-23-13-7-5-11-21(23)22-12-6-8-14-24(22)25/h2-14,25-26H,15-19H2,1H3,(H,32,37)(H,34,35)/t26-,31-/m0/s1. The molecule has 3 aromatic rings. The molecule has 0 spiro atoms. The first-order valence-electron chi connectivity index (χ1n) is 13.2. The third-order valence-electron chi connectivity index (χ3n) is 7.65. The normalized spacial score (nSPS) is 19.4. The molecule has 1 aliphatic carbocycles. The van der Waals surface area contributed by atoms with Crippen LogP contribution in [0.5, 0.6) is 0 Å². The van der Waals surface area contributed by atoms with E-state index in [1.54, 1.807) is 24.3 Å². The number of ether oxygens (including phenoxy) is 3. The Morgan fingerprint density at radius 2 is 1.51 bits per heavy atom. The van der Waals surface area contributed by atoms with Crippen LogP contribution in [0.3, 0.4) is 0 Å². The summed E-state index contributed by atoms with van der Waals surface area (Å²) in [7, 11) is 1.16. The maximum Gasteiger partial charge on any atom is 0.410 e. The maximum absolute atomic E-state index is 13.1. The first kappa shape index (κ1) is 27.7. The van der Waals surface area contributed by atoms with Crippen molar-refractivity contribution in [2.75, 3.05) is 20.3 Å². The second-order valence-corrected chi connectivity index (χ2v) is 10.1. The van der Waals surface area contributed by atoms with E-state index in [0.717, 1.165) is 34.3 Å². The summed E-state index contributed by atoms with van der Waals surface area (Å²) in [6.07, 6.45) is -2.01. The highest BCUT2D eigenvalue weighted by Crippen LogP contribution is 2.44. The molecule has 212 valence electrons. The average molecular weight is 559 g/mol. The Bertz CT molecular complexity index is 1410. The zero-order chi connectivity index (χ0) is 29.0. The van der Waals surface area contributed by atoms with Gasteiger partial charge in [0.15, 0.2) is 5.54 Å². The lowest BCUT2D eigenvalue weighted by Gasteiger charge is -2.43. The van der Waals surface area contributed by atoms with E-state index in [9.17, 15) is 24.3 Å². The fourth-order valence-corrected chi connectivity index (χ4v) is 5.61. The number of esters is 1. The van der Waals surface area contributed by atoms with Crippen molar-refractivity contribution < 1.29 is 38.5 Å². The highest BCUT2D eigenvalue weighted by Gasteiger charge is 2.51. The minimum Gasteiger partial charge on any atom is -0.480 e. The van der Waals surface area contributed by atoms with E-state index in [4.69, 9.17) is 14.2 Å². The van der Waals surface area contributed by atoms with E-state index >= 15 is 0 Å². The molecule has 2 atom stereocenters. The van der Waals surface area contributed by atoms with Crippen LogP contribution >= 0.6 is 0 Å². The first-order chi connectivity index (χ1) is 19.8. The van der Waals surface area contributed by atoms with Crippen molar-refractivity contribution in [1.82, 2.24) is 10.2 Å². The molecule has 0 radical (unpaired) electrons. The van der Waals surface area contributed by atoms with Gasteiger partial charge in [-0.15, -0.1) is 0 Å². The summed E-state index contributed by atoms with van der Waals surface area (Å²) in [6, 6.07) is 23.4. The smallest absolute Gasteiger partial charge is 0.410 e. The summed E-state index contributed by atoms with van der Waals surface area (Å²) in [4.78, 5) is 52.1. The number of hydrogen-bond acceptors (Lipinski definition) is 7. The minimum absolute atomic E-state index is 0.0116. The Hall–Kier alpha value is -4.86. The van der Waals surface area contributed by atoms with Crippen molar-refractivity contribution in [2.24, 2.45) is 0 Å². The number of hydrogen-bond donors (Lipinski definition) is 2. The summed E-state index contributed by atoms with van der Waals surface area (Å²) >= 11 is 0. The van der Waals surface area contributed by atoms with Gasteiger partial charge in [0.1, 0.15) is 19.3 Å². The van der Waals surface area contributed by atoms with Crippen LogP contribution in [0.25, 0.3) is 11.1 Å². The number of nitrogens with zero attached hydrogens (tertiary/aromatic N) is 1. The number of carbonyl (C=O) groups is 4. The van der Waals surface area contributed by atoms with Gasteiger partial charge in [-0.2, -0.15) is 0 Å². The molecule has 0 bridgehead atoms. The first-order valence-corrected chi connectivity index (χ1v) is 13.2. The number of carboxylic acids is 1. The lowest BCUT2D eigenvalue weighted by Crippen LogP contribution is -2.67. The predicted molar refractivity (Wildman–Crippen MR) is 147 cm³/mol. The van der Waals surface area contributed by atoms with Gasteiger partial charge in [-0.05, 0) is 40.7 Å². The second kappa shape index (κ2) is 11.7. The number of fused-ring (bicyclic) bond motifs is 3. The summed E-state index contributed by atoms with van der Waals surface area (Å²) in [5, 5.41) is 12.4. The van der Waals surface area contributed by atoms with Crippen LogP contribution < -0.4 is 5.32 Å². The summed E-state index contributed by atoms with van der Waals surface area (Å²) in [5.41, 5.74) is 3.17. The van der Waals surface area contributed by atoms with Crippen molar-refractivity contribution in [3.63, 3.8) is 0 Å². The molecule has 1 aliphatic heterocycles. The molecule has 0 unspecified atom stereocenters. The number of likely N-dealkylation sites (tertiary alicyclic amines) is 1. The monoisotopic (exact) mass is 558 g/mol. The SMILES string of the molecule is COC(=O)[C@]1(NC(=O)OCC2c3ccccc3-c3ccccc32)CC[C@@H](C(=O)O)N(C(=O)OCc2ccccc2)C1. The third-order valence-corrected chi connectivity index (χ3v) is 7.65. The molecule has 1 heterocycles. The van der Waals surface area contributed by atoms with Crippen LogP contribution in [-0.2, 0) is 30.4 Å². The zero-order valence-corrected chi connectivity index (χ0v) is 22.4. The van der Waals surface area contributed by atoms with E-state index in [2.05, 4.69) is 5.32 Å². The topological polar surface area (TPSA) is 131 Å². The lowest BCUT2D eigenvalue weighted by atomic mass is 9.85. The number of alkyl carbamates (subject to hydrolysis) is 1. The van der Waals surface area contributed by atoms with Crippen LogP contribution in [0.4, 0.5) is 9.59 Å². The molecule has 2 aliphatic rings. The van der Waals surface area contributed by atoms with Gasteiger partial charge in [-0.3, -0.25) is 4.90 Å². The van der Waals surface area contributed by atoms with Crippen molar-refractivity contribution >= 4 is 24.1 Å². The van der Waals surface area contributed by atoms with Crippen molar-refractivity contribution in [3.8, 4) is 11.1 Å². The number of piperidine rings is 1. The van der Waals surface area contributed by atoms with Crippen LogP contribution in [0.15, 0.2) is 78.9 Å². The van der Waals surface area contributed by atoms with Gasteiger partial charge in [0.25, 0.3) is 0 Å². The molecule has 0 saturated carbocycles. The second-order valence-electron chi connectivity index (χ2n) is 10.1. The number of aliphatic carboxylic acids is 1. The minimum atomic E-state index is -1.73. The van der Waals surface area contributed by atoms with Crippen LogP contribution in [0.1, 0.15) is 35.4 Å². The van der Waals surface area contributed by atoms with E-state index < -0.39 is 42.3 Å². The van der Waals surface area contributed by atoms with Crippen LogP contribution in [0.2, 0.25) is 0 Å². The molecule has 10 nitrogen and oxygen atoms in total. The molecule has 1 fully saturated rings. The molecule has 41 heavy (non-hydrogen) atoms. The summed E-state index contributed by atoms with van der Waals surface area (Å²) in [5.74, 6) is -2.27. The van der Waals surface area contributed by atoms with Crippen molar-refractivity contribution in [2.45, 2.75) is 36.9 Å². The number of rotatable bonds is 7. The fraction of sp³-hybridized carbons (Fsp3) is 0.290. The maximum atomic E-state index is 13.1. The van der Waals surface area contributed by atoms with Gasteiger partial charge in [0.05, 0.1) is 13.7 Å². The van der Waals surface area contributed by atoms with Crippen LogP contribution in [0, 0.1) is 0 Å². The van der Waals surface area contributed by atoms with E-state index in [1.807, 2.05) is 54.6 Å². The molecular formula is C31H30N2O8. The lowest BCUT2D eigenvalue weighted by molar-refractivity contribution is -0.155. The Morgan fingerprint density at radius 3 is 2.12 bits per heavy atom.